The van der Waals surface area contributed by atoms with Gasteiger partial charge in [-0.15, -0.1) is 6.58 Å². The van der Waals surface area contributed by atoms with Gasteiger partial charge < -0.3 is 10.4 Å². The number of carbonyl (C=O) groups excluding carboxylic acids is 1. The smallest absolute Gasteiger partial charge is 0.323 e. The van der Waals surface area contributed by atoms with Crippen molar-refractivity contribution >= 4 is 11.9 Å². The maximum Gasteiger partial charge on any atom is 0.323 e. The van der Waals surface area contributed by atoms with Gasteiger partial charge in [0, 0.05) is 6.54 Å². The zero-order chi connectivity index (χ0) is 12.6. The normalized spacial score (nSPS) is 10.9. The van der Waals surface area contributed by atoms with Gasteiger partial charge in [-0.05, 0) is 12.8 Å². The summed E-state index contributed by atoms with van der Waals surface area (Å²) in [7, 11) is 0. The number of rotatable bonds is 8. The SMILES string of the molecule is C=CCNC(=O)CNC(CC)(CC)C(=O)O. The molecule has 0 aromatic carbocycles. The highest BCUT2D eigenvalue weighted by Crippen LogP contribution is 2.14. The summed E-state index contributed by atoms with van der Waals surface area (Å²) in [5, 5.41) is 14.5. The average molecular weight is 228 g/mol. The van der Waals surface area contributed by atoms with Crippen molar-refractivity contribution in [3.8, 4) is 0 Å². The summed E-state index contributed by atoms with van der Waals surface area (Å²) in [6.07, 6.45) is 2.45. The lowest BCUT2D eigenvalue weighted by Gasteiger charge is -2.27. The first-order valence-electron chi connectivity index (χ1n) is 5.38. The van der Waals surface area contributed by atoms with Crippen molar-refractivity contribution in [1.29, 1.82) is 0 Å². The monoisotopic (exact) mass is 228 g/mol. The summed E-state index contributed by atoms with van der Waals surface area (Å²) in [5.74, 6) is -1.15. The minimum absolute atomic E-state index is 0.00181. The van der Waals surface area contributed by atoms with Crippen molar-refractivity contribution in [1.82, 2.24) is 10.6 Å². The second kappa shape index (κ2) is 7.00. The van der Waals surface area contributed by atoms with Crippen LogP contribution in [0.1, 0.15) is 26.7 Å². The number of amides is 1. The van der Waals surface area contributed by atoms with Crippen molar-refractivity contribution < 1.29 is 14.7 Å². The second-order valence-corrected chi connectivity index (χ2v) is 3.54. The van der Waals surface area contributed by atoms with Crippen LogP contribution in [-0.4, -0.2) is 35.6 Å². The predicted octanol–water partition coefficient (Wildman–Crippen LogP) is 0.522. The van der Waals surface area contributed by atoms with Crippen LogP contribution in [0, 0.1) is 0 Å². The minimum Gasteiger partial charge on any atom is -0.480 e. The molecular weight excluding hydrogens is 208 g/mol. The zero-order valence-electron chi connectivity index (χ0n) is 9.88. The molecule has 0 radical (unpaired) electrons. The Morgan fingerprint density at radius 3 is 2.31 bits per heavy atom. The molecule has 16 heavy (non-hydrogen) atoms. The molecule has 0 aliphatic carbocycles. The standard InChI is InChI=1S/C11H20N2O3/c1-4-7-12-9(14)8-13-11(5-2,6-3)10(15)16/h4,13H,1,5-8H2,2-3H3,(H,12,14)(H,15,16). The molecule has 0 fully saturated rings. The molecule has 0 atom stereocenters. The van der Waals surface area contributed by atoms with Crippen LogP contribution >= 0.6 is 0 Å². The molecule has 0 spiro atoms. The Bertz CT molecular complexity index is 260. The fourth-order valence-electron chi connectivity index (χ4n) is 1.38. The topological polar surface area (TPSA) is 78.4 Å². The second-order valence-electron chi connectivity index (χ2n) is 3.54. The Morgan fingerprint density at radius 2 is 1.94 bits per heavy atom. The van der Waals surface area contributed by atoms with Crippen LogP contribution in [0.25, 0.3) is 0 Å². The third-order valence-electron chi connectivity index (χ3n) is 2.65. The van der Waals surface area contributed by atoms with Gasteiger partial charge in [-0.1, -0.05) is 19.9 Å². The lowest BCUT2D eigenvalue weighted by atomic mass is 9.93. The van der Waals surface area contributed by atoms with E-state index in [-0.39, 0.29) is 12.5 Å². The molecule has 0 saturated carbocycles. The Hall–Kier alpha value is -1.36. The van der Waals surface area contributed by atoms with Gasteiger partial charge in [0.05, 0.1) is 6.54 Å². The van der Waals surface area contributed by atoms with Crippen LogP contribution in [0.5, 0.6) is 0 Å². The first-order valence-corrected chi connectivity index (χ1v) is 5.38. The molecule has 0 aliphatic heterocycles. The molecule has 0 saturated heterocycles. The van der Waals surface area contributed by atoms with Crippen LogP contribution in [0.2, 0.25) is 0 Å². The van der Waals surface area contributed by atoms with Crippen LogP contribution in [0.3, 0.4) is 0 Å². The fourth-order valence-corrected chi connectivity index (χ4v) is 1.38. The number of carbonyl (C=O) groups is 2. The summed E-state index contributed by atoms with van der Waals surface area (Å²) < 4.78 is 0. The zero-order valence-corrected chi connectivity index (χ0v) is 9.88. The van der Waals surface area contributed by atoms with Gasteiger partial charge in [0.25, 0.3) is 0 Å². The van der Waals surface area contributed by atoms with Crippen LogP contribution in [-0.2, 0) is 9.59 Å². The Morgan fingerprint density at radius 1 is 1.38 bits per heavy atom. The van der Waals surface area contributed by atoms with Gasteiger partial charge >= 0.3 is 5.97 Å². The predicted molar refractivity (Wildman–Crippen MR) is 62.2 cm³/mol. The van der Waals surface area contributed by atoms with E-state index in [1.165, 1.54) is 0 Å². The molecule has 5 nitrogen and oxygen atoms in total. The van der Waals surface area contributed by atoms with Gasteiger partial charge in [0.1, 0.15) is 5.54 Å². The van der Waals surface area contributed by atoms with Crippen molar-refractivity contribution in [2.75, 3.05) is 13.1 Å². The van der Waals surface area contributed by atoms with E-state index < -0.39 is 11.5 Å². The minimum atomic E-state index is -1.01. The van der Waals surface area contributed by atoms with Gasteiger partial charge in [0.2, 0.25) is 5.91 Å². The van der Waals surface area contributed by atoms with E-state index in [0.717, 1.165) is 0 Å². The van der Waals surface area contributed by atoms with Gasteiger partial charge in [-0.25, -0.2) is 0 Å². The molecule has 5 heteroatoms. The maximum atomic E-state index is 11.3. The highest BCUT2D eigenvalue weighted by atomic mass is 16.4. The summed E-state index contributed by atoms with van der Waals surface area (Å²) in [4.78, 5) is 22.4. The summed E-state index contributed by atoms with van der Waals surface area (Å²) >= 11 is 0. The molecule has 3 N–H and O–H groups in total. The Labute approximate surface area is 95.9 Å². The van der Waals surface area contributed by atoms with Crippen molar-refractivity contribution in [3.05, 3.63) is 12.7 Å². The molecule has 92 valence electrons. The lowest BCUT2D eigenvalue weighted by Crippen LogP contribution is -2.54. The molecule has 0 aromatic rings. The maximum absolute atomic E-state index is 11.3. The van der Waals surface area contributed by atoms with Crippen molar-refractivity contribution in [2.24, 2.45) is 0 Å². The highest BCUT2D eigenvalue weighted by molar-refractivity contribution is 5.82. The summed E-state index contributed by atoms with van der Waals surface area (Å²) in [6, 6.07) is 0. The Kier molecular flexibility index (Phi) is 6.41. The van der Waals surface area contributed by atoms with E-state index >= 15 is 0 Å². The first kappa shape index (κ1) is 14.6. The van der Waals surface area contributed by atoms with E-state index in [0.29, 0.717) is 19.4 Å². The van der Waals surface area contributed by atoms with Crippen molar-refractivity contribution in [2.45, 2.75) is 32.2 Å². The third kappa shape index (κ3) is 4.02. The molecular formula is C11H20N2O3. The Balaban J connectivity index is 4.27. The van der Waals surface area contributed by atoms with E-state index in [4.69, 9.17) is 5.11 Å². The van der Waals surface area contributed by atoms with Crippen LogP contribution < -0.4 is 10.6 Å². The summed E-state index contributed by atoms with van der Waals surface area (Å²) in [5.41, 5.74) is -1.01. The number of nitrogens with one attached hydrogen (secondary N) is 2. The molecule has 0 bridgehead atoms. The molecule has 0 aliphatic rings. The fraction of sp³-hybridized carbons (Fsp3) is 0.636. The number of hydrogen-bond donors (Lipinski definition) is 3. The lowest BCUT2D eigenvalue weighted by molar-refractivity contribution is -0.145. The molecule has 0 unspecified atom stereocenters. The van der Waals surface area contributed by atoms with Crippen LogP contribution in [0.4, 0.5) is 0 Å². The quantitative estimate of drug-likeness (QED) is 0.529. The molecule has 0 rings (SSSR count). The van der Waals surface area contributed by atoms with E-state index in [1.54, 1.807) is 19.9 Å². The van der Waals surface area contributed by atoms with Crippen LogP contribution in [0.15, 0.2) is 12.7 Å². The van der Waals surface area contributed by atoms with Gasteiger partial charge in [0.15, 0.2) is 0 Å². The number of hydrogen-bond acceptors (Lipinski definition) is 3. The van der Waals surface area contributed by atoms with Gasteiger partial charge in [-0.2, -0.15) is 0 Å². The third-order valence-corrected chi connectivity index (χ3v) is 2.65. The van der Waals surface area contributed by atoms with Gasteiger partial charge in [-0.3, -0.25) is 14.9 Å². The average Bonchev–Trinajstić information content (AvgIpc) is 2.28. The van der Waals surface area contributed by atoms with Crippen molar-refractivity contribution in [3.63, 3.8) is 0 Å². The molecule has 1 amide bonds. The van der Waals surface area contributed by atoms with E-state index in [9.17, 15) is 9.59 Å². The number of carboxylic acids is 1. The number of aliphatic carboxylic acids is 1. The van der Waals surface area contributed by atoms with E-state index in [2.05, 4.69) is 17.2 Å². The summed E-state index contributed by atoms with van der Waals surface area (Å²) in [6.45, 7) is 7.43. The highest BCUT2D eigenvalue weighted by Gasteiger charge is 2.34. The molecule has 0 heterocycles. The largest absolute Gasteiger partial charge is 0.480 e. The van der Waals surface area contributed by atoms with E-state index in [1.807, 2.05) is 0 Å². The molecule has 0 aromatic heterocycles. The first-order chi connectivity index (χ1) is 7.52. The number of carboxylic acid groups (broad SMARTS) is 1.